The Balaban J connectivity index is 2.92. The molecule has 0 saturated carbocycles. The maximum atomic E-state index is 5.67. The zero-order valence-corrected chi connectivity index (χ0v) is 9.54. The zero-order valence-electron chi connectivity index (χ0n) is 9.54. The lowest BCUT2D eigenvalue weighted by atomic mass is 10.1. The minimum atomic E-state index is 0.379. The zero-order chi connectivity index (χ0) is 10.6. The standard InChI is InChI=1S/C12H26N2/c1-12(14)10-8-6-4-2-3-5-7-9-11-13/h9,11-12H,2-8,10,13-14H2,1H3. The molecule has 0 heterocycles. The van der Waals surface area contributed by atoms with Gasteiger partial charge in [-0.15, -0.1) is 0 Å². The molecule has 0 aromatic rings. The molecule has 14 heavy (non-hydrogen) atoms. The first kappa shape index (κ1) is 13.5. The van der Waals surface area contributed by atoms with E-state index in [9.17, 15) is 0 Å². The lowest BCUT2D eigenvalue weighted by Crippen LogP contribution is -2.13. The summed E-state index contributed by atoms with van der Waals surface area (Å²) in [5.74, 6) is 0. The molecule has 0 spiro atoms. The van der Waals surface area contributed by atoms with Gasteiger partial charge in [-0.3, -0.25) is 0 Å². The van der Waals surface area contributed by atoms with Crippen LogP contribution in [0.4, 0.5) is 0 Å². The maximum absolute atomic E-state index is 5.67. The molecule has 0 amide bonds. The SMILES string of the molecule is CC(N)CCCCCCCCC=CN. The highest BCUT2D eigenvalue weighted by molar-refractivity contribution is 4.74. The Morgan fingerprint density at radius 1 is 1.00 bits per heavy atom. The predicted molar refractivity (Wildman–Crippen MR) is 63.9 cm³/mol. The highest BCUT2D eigenvalue weighted by Gasteiger charge is 1.94. The van der Waals surface area contributed by atoms with Crippen LogP contribution >= 0.6 is 0 Å². The van der Waals surface area contributed by atoms with Crippen molar-refractivity contribution in [1.29, 1.82) is 0 Å². The Kier molecular flexibility index (Phi) is 10.2. The van der Waals surface area contributed by atoms with Gasteiger partial charge in [0.05, 0.1) is 0 Å². The number of nitrogens with two attached hydrogens (primary N) is 2. The van der Waals surface area contributed by atoms with Crippen LogP contribution in [0.15, 0.2) is 12.3 Å². The minimum absolute atomic E-state index is 0.379. The van der Waals surface area contributed by atoms with Crippen LogP contribution in [-0.2, 0) is 0 Å². The quantitative estimate of drug-likeness (QED) is 0.560. The number of rotatable bonds is 9. The van der Waals surface area contributed by atoms with Gasteiger partial charge in [-0.25, -0.2) is 0 Å². The summed E-state index contributed by atoms with van der Waals surface area (Å²) in [6, 6.07) is 0.379. The van der Waals surface area contributed by atoms with Crippen LogP contribution in [0.5, 0.6) is 0 Å². The molecule has 0 fully saturated rings. The van der Waals surface area contributed by atoms with E-state index in [1.54, 1.807) is 6.20 Å². The highest BCUT2D eigenvalue weighted by atomic mass is 14.6. The highest BCUT2D eigenvalue weighted by Crippen LogP contribution is 2.09. The van der Waals surface area contributed by atoms with Gasteiger partial charge in [0, 0.05) is 6.04 Å². The van der Waals surface area contributed by atoms with Crippen LogP contribution in [0.25, 0.3) is 0 Å². The van der Waals surface area contributed by atoms with Crippen molar-refractivity contribution in [1.82, 2.24) is 0 Å². The van der Waals surface area contributed by atoms with Gasteiger partial charge in [0.2, 0.25) is 0 Å². The molecule has 0 aliphatic rings. The van der Waals surface area contributed by atoms with E-state index in [-0.39, 0.29) is 0 Å². The number of hydrogen-bond acceptors (Lipinski definition) is 2. The van der Waals surface area contributed by atoms with Gasteiger partial charge < -0.3 is 11.5 Å². The van der Waals surface area contributed by atoms with Crippen molar-refractivity contribution in [2.45, 2.75) is 64.3 Å². The molecule has 0 radical (unpaired) electrons. The molecule has 0 rings (SSSR count). The van der Waals surface area contributed by atoms with Gasteiger partial charge in [-0.2, -0.15) is 0 Å². The maximum Gasteiger partial charge on any atom is 0.00104 e. The van der Waals surface area contributed by atoms with E-state index in [1.807, 2.05) is 6.08 Å². The van der Waals surface area contributed by atoms with E-state index < -0.39 is 0 Å². The normalized spacial score (nSPS) is 13.6. The first-order valence-electron chi connectivity index (χ1n) is 5.89. The van der Waals surface area contributed by atoms with Crippen LogP contribution in [0.2, 0.25) is 0 Å². The van der Waals surface area contributed by atoms with Crippen molar-refractivity contribution in [3.05, 3.63) is 12.3 Å². The summed E-state index contributed by atoms with van der Waals surface area (Å²) in [6.07, 6.45) is 14.0. The molecule has 0 aromatic carbocycles. The average Bonchev–Trinajstić information content (AvgIpc) is 2.15. The Hall–Kier alpha value is -0.500. The lowest BCUT2D eigenvalue weighted by Gasteiger charge is -2.04. The van der Waals surface area contributed by atoms with Gasteiger partial charge >= 0.3 is 0 Å². The summed E-state index contributed by atoms with van der Waals surface area (Å²) >= 11 is 0. The second-order valence-corrected chi connectivity index (χ2v) is 4.10. The third kappa shape index (κ3) is 11.5. The summed E-state index contributed by atoms with van der Waals surface area (Å²) in [6.45, 7) is 2.08. The Labute approximate surface area is 88.7 Å². The van der Waals surface area contributed by atoms with Crippen LogP contribution in [0.1, 0.15) is 58.3 Å². The van der Waals surface area contributed by atoms with Crippen LogP contribution in [0.3, 0.4) is 0 Å². The molecule has 2 heteroatoms. The molecular weight excluding hydrogens is 172 g/mol. The van der Waals surface area contributed by atoms with Crippen LogP contribution in [-0.4, -0.2) is 6.04 Å². The average molecular weight is 198 g/mol. The molecule has 0 saturated heterocycles. The number of hydrogen-bond donors (Lipinski definition) is 2. The van der Waals surface area contributed by atoms with E-state index in [0.29, 0.717) is 6.04 Å². The van der Waals surface area contributed by atoms with Gasteiger partial charge in [-0.05, 0) is 32.4 Å². The summed E-state index contributed by atoms with van der Waals surface area (Å²) < 4.78 is 0. The van der Waals surface area contributed by atoms with Crippen molar-refractivity contribution < 1.29 is 0 Å². The Morgan fingerprint density at radius 2 is 1.57 bits per heavy atom. The topological polar surface area (TPSA) is 52.0 Å². The van der Waals surface area contributed by atoms with E-state index >= 15 is 0 Å². The third-order valence-corrected chi connectivity index (χ3v) is 2.42. The van der Waals surface area contributed by atoms with Crippen molar-refractivity contribution in [3.63, 3.8) is 0 Å². The molecule has 0 aliphatic heterocycles. The summed E-state index contributed by atoms with van der Waals surface area (Å²) in [5, 5.41) is 0. The number of unbranched alkanes of at least 4 members (excludes halogenated alkanes) is 6. The fourth-order valence-corrected chi connectivity index (χ4v) is 1.53. The molecule has 2 nitrogen and oxygen atoms in total. The molecule has 0 aromatic heterocycles. The molecule has 0 bridgehead atoms. The van der Waals surface area contributed by atoms with Crippen LogP contribution in [0, 0.1) is 0 Å². The fourth-order valence-electron chi connectivity index (χ4n) is 1.53. The molecule has 0 aliphatic carbocycles. The second kappa shape index (κ2) is 10.6. The summed E-state index contributed by atoms with van der Waals surface area (Å²) in [4.78, 5) is 0. The predicted octanol–water partition coefficient (Wildman–Crippen LogP) is 2.93. The molecule has 1 atom stereocenters. The van der Waals surface area contributed by atoms with Gasteiger partial charge in [0.15, 0.2) is 0 Å². The summed E-state index contributed by atoms with van der Waals surface area (Å²) in [5.41, 5.74) is 10.9. The van der Waals surface area contributed by atoms with Crippen molar-refractivity contribution >= 4 is 0 Å². The first-order chi connectivity index (χ1) is 6.77. The van der Waals surface area contributed by atoms with E-state index in [1.165, 1.54) is 44.9 Å². The molecule has 1 unspecified atom stereocenters. The summed E-state index contributed by atoms with van der Waals surface area (Å²) in [7, 11) is 0. The molecule has 4 N–H and O–H groups in total. The Morgan fingerprint density at radius 3 is 2.14 bits per heavy atom. The fraction of sp³-hybridized carbons (Fsp3) is 0.833. The molecular formula is C12H26N2. The smallest absolute Gasteiger partial charge is 0.00104 e. The second-order valence-electron chi connectivity index (χ2n) is 4.10. The van der Waals surface area contributed by atoms with Crippen LogP contribution < -0.4 is 11.5 Å². The lowest BCUT2D eigenvalue weighted by molar-refractivity contribution is 0.550. The van der Waals surface area contributed by atoms with Crippen molar-refractivity contribution in [3.8, 4) is 0 Å². The van der Waals surface area contributed by atoms with Crippen molar-refractivity contribution in [2.24, 2.45) is 11.5 Å². The Bertz CT molecular complexity index is 130. The largest absolute Gasteiger partial charge is 0.405 e. The first-order valence-corrected chi connectivity index (χ1v) is 5.89. The van der Waals surface area contributed by atoms with Gasteiger partial charge in [0.1, 0.15) is 0 Å². The van der Waals surface area contributed by atoms with Gasteiger partial charge in [0.25, 0.3) is 0 Å². The van der Waals surface area contributed by atoms with E-state index in [2.05, 4.69) is 6.92 Å². The molecule has 84 valence electrons. The third-order valence-electron chi connectivity index (χ3n) is 2.42. The minimum Gasteiger partial charge on any atom is -0.405 e. The van der Waals surface area contributed by atoms with E-state index in [0.717, 1.165) is 6.42 Å². The van der Waals surface area contributed by atoms with Crippen molar-refractivity contribution in [2.75, 3.05) is 0 Å². The van der Waals surface area contributed by atoms with E-state index in [4.69, 9.17) is 11.5 Å². The van der Waals surface area contributed by atoms with Gasteiger partial charge in [-0.1, -0.05) is 38.2 Å². The monoisotopic (exact) mass is 198 g/mol. The number of allylic oxidation sites excluding steroid dienone is 1.